The van der Waals surface area contributed by atoms with E-state index in [-0.39, 0.29) is 5.75 Å². The molecule has 0 bridgehead atoms. The summed E-state index contributed by atoms with van der Waals surface area (Å²) in [5.74, 6) is 0.241. The number of hydrogen-bond acceptors (Lipinski definition) is 2. The van der Waals surface area contributed by atoms with Crippen LogP contribution in [0.2, 0.25) is 5.02 Å². The summed E-state index contributed by atoms with van der Waals surface area (Å²) in [6.45, 7) is 1.80. The van der Waals surface area contributed by atoms with Gasteiger partial charge in [0.05, 0.1) is 0 Å². The highest BCUT2D eigenvalue weighted by Gasteiger charge is 2.02. The number of aliphatic imine (C=N–C) groups is 1. The Bertz CT molecular complexity index is 321. The predicted octanol–water partition coefficient (Wildman–Crippen LogP) is 2.40. The second-order valence-corrected chi connectivity index (χ2v) is 2.98. The van der Waals surface area contributed by atoms with Gasteiger partial charge < -0.3 is 5.11 Å². The van der Waals surface area contributed by atoms with Gasteiger partial charge in [0, 0.05) is 23.8 Å². The van der Waals surface area contributed by atoms with Crippen LogP contribution in [-0.4, -0.2) is 18.4 Å². The van der Waals surface area contributed by atoms with Gasteiger partial charge in [-0.25, -0.2) is 0 Å². The summed E-state index contributed by atoms with van der Waals surface area (Å²) in [5.41, 5.74) is 1.42. The maximum atomic E-state index is 9.50. The monoisotopic (exact) mass is 183 g/mol. The van der Waals surface area contributed by atoms with E-state index in [4.69, 9.17) is 11.6 Å². The fraction of sp³-hybridized carbons (Fsp3) is 0.222. The number of aromatic hydroxyl groups is 1. The van der Waals surface area contributed by atoms with Crippen molar-refractivity contribution in [1.82, 2.24) is 0 Å². The molecule has 3 heteroatoms. The van der Waals surface area contributed by atoms with Gasteiger partial charge in [-0.2, -0.15) is 0 Å². The van der Waals surface area contributed by atoms with Gasteiger partial charge in [0.15, 0.2) is 0 Å². The standard InChI is InChI=1S/C9H10ClNO/c1-6-3-8(10)4-7(5-11-2)9(6)12/h3-5,12H,1-2H3. The Kier molecular flexibility index (Phi) is 2.71. The molecule has 1 N–H and O–H groups in total. The van der Waals surface area contributed by atoms with E-state index in [0.29, 0.717) is 10.6 Å². The average molecular weight is 184 g/mol. The average Bonchev–Trinajstić information content (AvgIpc) is 2.00. The molecule has 1 aromatic carbocycles. The van der Waals surface area contributed by atoms with E-state index in [2.05, 4.69) is 4.99 Å². The van der Waals surface area contributed by atoms with E-state index in [1.54, 1.807) is 32.3 Å². The Hall–Kier alpha value is -1.02. The van der Waals surface area contributed by atoms with Gasteiger partial charge in [0.2, 0.25) is 0 Å². The minimum atomic E-state index is 0.241. The smallest absolute Gasteiger partial charge is 0.127 e. The molecule has 0 atom stereocenters. The maximum Gasteiger partial charge on any atom is 0.127 e. The topological polar surface area (TPSA) is 32.6 Å². The number of halogens is 1. The molecule has 0 saturated heterocycles. The van der Waals surface area contributed by atoms with E-state index >= 15 is 0 Å². The Morgan fingerprint density at radius 2 is 2.17 bits per heavy atom. The molecule has 1 rings (SSSR count). The van der Waals surface area contributed by atoms with Crippen molar-refractivity contribution in [2.75, 3.05) is 7.05 Å². The summed E-state index contributed by atoms with van der Waals surface area (Å²) in [7, 11) is 1.65. The molecule has 64 valence electrons. The second kappa shape index (κ2) is 3.59. The first-order valence-corrected chi connectivity index (χ1v) is 3.94. The zero-order valence-electron chi connectivity index (χ0n) is 7.00. The minimum absolute atomic E-state index is 0.241. The van der Waals surface area contributed by atoms with Crippen LogP contribution in [0.15, 0.2) is 17.1 Å². The van der Waals surface area contributed by atoms with Crippen LogP contribution in [0.4, 0.5) is 0 Å². The minimum Gasteiger partial charge on any atom is -0.507 e. The van der Waals surface area contributed by atoms with Crippen LogP contribution in [0, 0.1) is 6.92 Å². The molecule has 0 aliphatic heterocycles. The van der Waals surface area contributed by atoms with Crippen molar-refractivity contribution >= 4 is 17.8 Å². The fourth-order valence-electron chi connectivity index (χ4n) is 0.999. The number of nitrogens with zero attached hydrogens (tertiary/aromatic N) is 1. The first kappa shape index (κ1) is 9.07. The molecule has 0 radical (unpaired) electrons. The summed E-state index contributed by atoms with van der Waals surface area (Å²) in [6.07, 6.45) is 1.58. The lowest BCUT2D eigenvalue weighted by atomic mass is 10.1. The molecule has 0 aliphatic rings. The molecule has 0 amide bonds. The quantitative estimate of drug-likeness (QED) is 0.667. The van der Waals surface area contributed by atoms with Crippen LogP contribution in [0.1, 0.15) is 11.1 Å². The summed E-state index contributed by atoms with van der Waals surface area (Å²) in [5, 5.41) is 10.1. The van der Waals surface area contributed by atoms with Gasteiger partial charge in [-0.1, -0.05) is 11.6 Å². The molecule has 0 aromatic heterocycles. The molecule has 0 fully saturated rings. The van der Waals surface area contributed by atoms with E-state index in [0.717, 1.165) is 5.56 Å². The molecule has 0 heterocycles. The third kappa shape index (κ3) is 1.77. The molecular weight excluding hydrogens is 174 g/mol. The van der Waals surface area contributed by atoms with Crippen LogP contribution in [0.3, 0.4) is 0 Å². The Morgan fingerprint density at radius 1 is 1.50 bits per heavy atom. The van der Waals surface area contributed by atoms with Gasteiger partial charge in [0.25, 0.3) is 0 Å². The molecule has 12 heavy (non-hydrogen) atoms. The Balaban J connectivity index is 3.27. The number of rotatable bonds is 1. The highest BCUT2D eigenvalue weighted by Crippen LogP contribution is 2.24. The normalized spacial score (nSPS) is 10.9. The van der Waals surface area contributed by atoms with Crippen LogP contribution >= 0.6 is 11.6 Å². The number of phenols is 1. The van der Waals surface area contributed by atoms with Gasteiger partial charge >= 0.3 is 0 Å². The Labute approximate surface area is 76.5 Å². The van der Waals surface area contributed by atoms with Crippen molar-refractivity contribution in [3.05, 3.63) is 28.3 Å². The van der Waals surface area contributed by atoms with Crippen LogP contribution < -0.4 is 0 Å². The van der Waals surface area contributed by atoms with Crippen molar-refractivity contribution in [2.24, 2.45) is 4.99 Å². The Morgan fingerprint density at radius 3 is 2.75 bits per heavy atom. The first-order chi connectivity index (χ1) is 5.65. The predicted molar refractivity (Wildman–Crippen MR) is 51.4 cm³/mol. The maximum absolute atomic E-state index is 9.50. The molecule has 1 aromatic rings. The molecule has 0 saturated carbocycles. The molecule has 0 aliphatic carbocycles. The summed E-state index contributed by atoms with van der Waals surface area (Å²) in [4.78, 5) is 3.81. The first-order valence-electron chi connectivity index (χ1n) is 3.56. The van der Waals surface area contributed by atoms with Crippen LogP contribution in [-0.2, 0) is 0 Å². The van der Waals surface area contributed by atoms with Crippen LogP contribution in [0.5, 0.6) is 5.75 Å². The number of phenolic OH excluding ortho intramolecular Hbond substituents is 1. The second-order valence-electron chi connectivity index (χ2n) is 2.55. The van der Waals surface area contributed by atoms with Gasteiger partial charge in [-0.05, 0) is 24.6 Å². The van der Waals surface area contributed by atoms with E-state index < -0.39 is 0 Å². The highest BCUT2D eigenvalue weighted by molar-refractivity contribution is 6.31. The molecule has 0 spiro atoms. The van der Waals surface area contributed by atoms with Gasteiger partial charge in [-0.15, -0.1) is 0 Å². The number of benzene rings is 1. The molecule has 0 unspecified atom stereocenters. The fourth-order valence-corrected chi connectivity index (χ4v) is 1.28. The number of hydrogen-bond donors (Lipinski definition) is 1. The lowest BCUT2D eigenvalue weighted by Gasteiger charge is -2.02. The van der Waals surface area contributed by atoms with E-state index in [9.17, 15) is 5.11 Å². The largest absolute Gasteiger partial charge is 0.507 e. The molecule has 2 nitrogen and oxygen atoms in total. The zero-order chi connectivity index (χ0) is 9.14. The van der Waals surface area contributed by atoms with Crippen molar-refractivity contribution in [2.45, 2.75) is 6.92 Å². The van der Waals surface area contributed by atoms with Gasteiger partial charge in [-0.3, -0.25) is 4.99 Å². The third-order valence-corrected chi connectivity index (χ3v) is 1.78. The number of aryl methyl sites for hydroxylation is 1. The van der Waals surface area contributed by atoms with Crippen LogP contribution in [0.25, 0.3) is 0 Å². The van der Waals surface area contributed by atoms with Crippen molar-refractivity contribution in [1.29, 1.82) is 0 Å². The van der Waals surface area contributed by atoms with Gasteiger partial charge in [0.1, 0.15) is 5.75 Å². The van der Waals surface area contributed by atoms with Crippen molar-refractivity contribution in [3.63, 3.8) is 0 Å². The lowest BCUT2D eigenvalue weighted by Crippen LogP contribution is -1.85. The molecular formula is C9H10ClNO. The van der Waals surface area contributed by atoms with E-state index in [1.165, 1.54) is 0 Å². The van der Waals surface area contributed by atoms with Crippen molar-refractivity contribution in [3.8, 4) is 5.75 Å². The van der Waals surface area contributed by atoms with E-state index in [1.807, 2.05) is 0 Å². The zero-order valence-corrected chi connectivity index (χ0v) is 7.76. The summed E-state index contributed by atoms with van der Waals surface area (Å²) in [6, 6.07) is 3.39. The van der Waals surface area contributed by atoms with Crippen molar-refractivity contribution < 1.29 is 5.11 Å². The third-order valence-electron chi connectivity index (χ3n) is 1.56. The summed E-state index contributed by atoms with van der Waals surface area (Å²) < 4.78 is 0. The highest BCUT2D eigenvalue weighted by atomic mass is 35.5. The SMILES string of the molecule is CN=Cc1cc(Cl)cc(C)c1O. The lowest BCUT2D eigenvalue weighted by molar-refractivity contribution is 0.470. The summed E-state index contributed by atoms with van der Waals surface area (Å²) >= 11 is 5.79.